The number of nitrogens with zero attached hydrogens (tertiary/aromatic N) is 9. The Morgan fingerprint density at radius 2 is 0.700 bits per heavy atom. The molecule has 12 rings (SSSR count). The number of nitrogen functional groups attached to an aromatic ring is 3. The molecule has 100 heavy (non-hydrogen) atoms. The molecule has 0 fully saturated rings. The van der Waals surface area contributed by atoms with Crippen molar-refractivity contribution in [2.24, 2.45) is 23.3 Å². The Morgan fingerprint density at radius 1 is 0.400 bits per heavy atom. The van der Waals surface area contributed by atoms with Crippen LogP contribution in [0.2, 0.25) is 0 Å². The number of fused-ring (bicyclic) bond motifs is 9. The summed E-state index contributed by atoms with van der Waals surface area (Å²) in [6.07, 6.45) is 10.6. The second-order valence-electron chi connectivity index (χ2n) is 26.5. The Hall–Kier alpha value is -10.3. The third kappa shape index (κ3) is 17.2. The monoisotopic (exact) mass is 1350 g/mol. The molecule has 20 nitrogen and oxygen atoms in total. The van der Waals surface area contributed by atoms with Crippen molar-refractivity contribution >= 4 is 101 Å². The number of nitrogens with two attached hydrogens (primary N) is 5. The van der Waals surface area contributed by atoms with Crippen molar-refractivity contribution in [1.29, 1.82) is 0 Å². The lowest BCUT2D eigenvalue weighted by molar-refractivity contribution is -0.124. The summed E-state index contributed by atoms with van der Waals surface area (Å²) in [5.41, 5.74) is 45.7. The number of hydrogen-bond donors (Lipinski definition) is 8. The Kier molecular flexibility index (Phi) is 24.6. The van der Waals surface area contributed by atoms with Crippen molar-refractivity contribution in [3.8, 4) is 0 Å². The molecule has 0 aliphatic rings. The fourth-order valence-corrected chi connectivity index (χ4v) is 12.4. The number of para-hydroxylation sites is 3. The van der Waals surface area contributed by atoms with Crippen LogP contribution in [0.4, 0.5) is 17.5 Å². The Labute approximate surface area is 586 Å². The van der Waals surface area contributed by atoms with Crippen molar-refractivity contribution in [2.45, 2.75) is 177 Å². The SMILES string of the molecule is CCCCc1nc2c(N)nc3ccccc3c2n1Cc1ccc(CNC(=O)CC)cc1.CCCCc1nc2c(N)nc3ccccc3c2n1Cc1ccc(CNC(=O)[C@@H](N)C(C)C)cc1.CCCCc1nc2c(N)nc3ccccc3c2n1Cc1ccc(CNC(=O)[C@@H](N)[C@@H](C)CC)cc1. The highest BCUT2D eigenvalue weighted by Crippen LogP contribution is 2.34. The summed E-state index contributed by atoms with van der Waals surface area (Å²) in [6.45, 7) is 19.9. The summed E-state index contributed by atoms with van der Waals surface area (Å²) in [5, 5.41) is 12.0. The highest BCUT2D eigenvalue weighted by Gasteiger charge is 2.23. The summed E-state index contributed by atoms with van der Waals surface area (Å²) < 4.78 is 6.86. The van der Waals surface area contributed by atoms with Gasteiger partial charge in [0.25, 0.3) is 0 Å². The highest BCUT2D eigenvalue weighted by molar-refractivity contribution is 6.08. The fourth-order valence-electron chi connectivity index (χ4n) is 12.4. The van der Waals surface area contributed by atoms with E-state index in [9.17, 15) is 14.4 Å². The predicted molar refractivity (Wildman–Crippen MR) is 407 cm³/mol. The third-order valence-corrected chi connectivity index (χ3v) is 18.7. The van der Waals surface area contributed by atoms with Gasteiger partial charge in [0.1, 0.15) is 34.0 Å². The molecule has 522 valence electrons. The van der Waals surface area contributed by atoms with E-state index < -0.39 is 12.1 Å². The number of amides is 3. The molecule has 6 aromatic heterocycles. The fraction of sp³-hybridized carbons (Fsp3) is 0.362. The first-order chi connectivity index (χ1) is 48.4. The second kappa shape index (κ2) is 34.0. The average Bonchev–Trinajstić information content (AvgIpc) is 1.60. The molecule has 13 N–H and O–H groups in total. The molecule has 0 saturated heterocycles. The van der Waals surface area contributed by atoms with E-state index in [1.807, 2.05) is 89.2 Å². The van der Waals surface area contributed by atoms with E-state index in [2.05, 4.69) is 156 Å². The van der Waals surface area contributed by atoms with Crippen LogP contribution in [0, 0.1) is 11.8 Å². The zero-order valence-corrected chi connectivity index (χ0v) is 59.3. The molecule has 0 spiro atoms. The Balaban J connectivity index is 0.000000162. The van der Waals surface area contributed by atoms with Gasteiger partial charge in [-0.3, -0.25) is 14.4 Å². The number of aromatic nitrogens is 9. The zero-order chi connectivity index (χ0) is 71.0. The van der Waals surface area contributed by atoms with Crippen LogP contribution < -0.4 is 44.6 Å². The number of carbonyl (C=O) groups excluding carboxylic acids is 3. The second-order valence-corrected chi connectivity index (χ2v) is 26.5. The molecule has 6 aromatic carbocycles. The minimum absolute atomic E-state index is 0.0626. The van der Waals surface area contributed by atoms with E-state index in [-0.39, 0.29) is 29.6 Å². The first kappa shape index (κ1) is 72.4. The third-order valence-electron chi connectivity index (χ3n) is 18.7. The van der Waals surface area contributed by atoms with Gasteiger partial charge < -0.3 is 58.3 Å². The summed E-state index contributed by atoms with van der Waals surface area (Å²) in [4.78, 5) is 64.4. The molecule has 0 saturated carbocycles. The van der Waals surface area contributed by atoms with Crippen LogP contribution in [-0.2, 0) is 72.9 Å². The van der Waals surface area contributed by atoms with Crippen LogP contribution in [0.1, 0.15) is 158 Å². The number of imidazole rings is 3. The first-order valence-corrected chi connectivity index (χ1v) is 35.6. The summed E-state index contributed by atoms with van der Waals surface area (Å²) in [7, 11) is 0. The molecular formula is C80H99N17O3. The van der Waals surface area contributed by atoms with Crippen molar-refractivity contribution in [2.75, 3.05) is 17.2 Å². The molecule has 3 atom stereocenters. The topological polar surface area (TPSA) is 310 Å². The number of benzene rings is 6. The summed E-state index contributed by atoms with van der Waals surface area (Å²) in [6, 6.07) is 48.3. The molecule has 0 bridgehead atoms. The quantitative estimate of drug-likeness (QED) is 0.0237. The largest absolute Gasteiger partial charge is 0.382 e. The molecule has 3 amide bonds. The molecule has 0 aliphatic carbocycles. The first-order valence-electron chi connectivity index (χ1n) is 35.6. The van der Waals surface area contributed by atoms with Gasteiger partial charge in [-0.25, -0.2) is 29.9 Å². The van der Waals surface area contributed by atoms with Gasteiger partial charge in [-0.2, -0.15) is 0 Å². The molecule has 0 aliphatic heterocycles. The molecule has 20 heteroatoms. The normalized spacial score (nSPS) is 12.4. The van der Waals surface area contributed by atoms with E-state index >= 15 is 0 Å². The van der Waals surface area contributed by atoms with Gasteiger partial charge in [0, 0.05) is 81.1 Å². The van der Waals surface area contributed by atoms with Crippen molar-refractivity contribution in [3.63, 3.8) is 0 Å². The van der Waals surface area contributed by atoms with Crippen molar-refractivity contribution < 1.29 is 14.4 Å². The number of aryl methyl sites for hydroxylation is 3. The average molecular weight is 1350 g/mol. The van der Waals surface area contributed by atoms with Crippen molar-refractivity contribution in [3.05, 3.63) is 196 Å². The molecule has 6 heterocycles. The van der Waals surface area contributed by atoms with Gasteiger partial charge in [-0.1, -0.05) is 208 Å². The maximum Gasteiger partial charge on any atom is 0.237 e. The number of pyridine rings is 3. The lowest BCUT2D eigenvalue weighted by atomic mass is 9.99. The predicted octanol–water partition coefficient (Wildman–Crippen LogP) is 13.3. The number of carbonyl (C=O) groups is 3. The highest BCUT2D eigenvalue weighted by atomic mass is 16.2. The van der Waals surface area contributed by atoms with Gasteiger partial charge in [-0.15, -0.1) is 0 Å². The number of hydrogen-bond acceptors (Lipinski definition) is 14. The van der Waals surface area contributed by atoms with Gasteiger partial charge in [0.15, 0.2) is 17.5 Å². The van der Waals surface area contributed by atoms with Gasteiger partial charge in [-0.05, 0) is 82.7 Å². The molecule has 12 aromatic rings. The van der Waals surface area contributed by atoms with Gasteiger partial charge in [0.2, 0.25) is 17.7 Å². The maximum atomic E-state index is 12.3. The minimum atomic E-state index is -0.493. The van der Waals surface area contributed by atoms with E-state index in [0.717, 1.165) is 175 Å². The number of anilines is 3. The Bertz CT molecular complexity index is 4770. The maximum absolute atomic E-state index is 12.3. The van der Waals surface area contributed by atoms with E-state index in [0.29, 0.717) is 63.1 Å². The van der Waals surface area contributed by atoms with Gasteiger partial charge >= 0.3 is 0 Å². The minimum Gasteiger partial charge on any atom is -0.382 e. The van der Waals surface area contributed by atoms with Crippen molar-refractivity contribution in [1.82, 2.24) is 59.6 Å². The van der Waals surface area contributed by atoms with Crippen LogP contribution in [0.25, 0.3) is 65.8 Å². The molecule has 0 radical (unpaired) electrons. The smallest absolute Gasteiger partial charge is 0.237 e. The zero-order valence-electron chi connectivity index (χ0n) is 59.3. The van der Waals surface area contributed by atoms with Crippen LogP contribution in [-0.4, -0.2) is 73.4 Å². The van der Waals surface area contributed by atoms with E-state index in [1.165, 1.54) is 5.56 Å². The summed E-state index contributed by atoms with van der Waals surface area (Å²) in [5.74, 6) is 4.62. The lowest BCUT2D eigenvalue weighted by Crippen LogP contribution is -2.44. The molecular weight excluding hydrogens is 1250 g/mol. The Morgan fingerprint density at radius 3 is 1.00 bits per heavy atom. The lowest BCUT2D eigenvalue weighted by Gasteiger charge is -2.17. The van der Waals surface area contributed by atoms with Crippen LogP contribution in [0.15, 0.2) is 146 Å². The summed E-state index contributed by atoms with van der Waals surface area (Å²) >= 11 is 0. The van der Waals surface area contributed by atoms with Gasteiger partial charge in [0.05, 0.1) is 45.2 Å². The number of unbranched alkanes of at least 4 members (excludes halogenated alkanes) is 3. The van der Waals surface area contributed by atoms with Crippen LogP contribution in [0.5, 0.6) is 0 Å². The number of rotatable bonds is 27. The van der Waals surface area contributed by atoms with E-state index in [1.54, 1.807) is 0 Å². The van der Waals surface area contributed by atoms with Crippen LogP contribution >= 0.6 is 0 Å². The van der Waals surface area contributed by atoms with E-state index in [4.69, 9.17) is 43.6 Å². The molecule has 0 unspecified atom stereocenters. The standard InChI is InChI=1S/C28H36N6O.C27H34N6O.C25H29N5O/c1-4-6-11-23-33-25-26(21-9-7-8-10-22(21)32-27(25)30)34(23)17-20-14-12-19(13-15-20)16-31-28(35)24(29)18(3)5-2;1-4-5-10-22-32-24-25(20-8-6-7-9-21(20)31-26(24)29)33(22)16-19-13-11-18(12-14-19)15-30-27(34)23(28)17(2)3;1-3-5-10-21-29-23-24(19-8-6-7-9-20(19)28-25(23)26)30(21)16-18-13-11-17(12-14-18)15-27-22(31)4-2/h7-10,12-15,18,24H,4-6,11,16-17,29H2,1-3H3,(H2,30,32)(H,31,35);6-9,11-14,17,23H,4-5,10,15-16,28H2,1-3H3,(H2,29,31)(H,30,34);6-9,11-14H,3-5,10,15-16H2,1-2H3,(H2,26,28)(H,27,31)/t18-,24-;23-;/m00./s1. The number of nitrogens with one attached hydrogen (secondary N) is 3. The van der Waals surface area contributed by atoms with Crippen LogP contribution in [0.3, 0.4) is 0 Å².